The van der Waals surface area contributed by atoms with Gasteiger partial charge in [0.1, 0.15) is 0 Å². The second kappa shape index (κ2) is 14.7. The Balaban J connectivity index is 0.992. The van der Waals surface area contributed by atoms with Gasteiger partial charge in [0.05, 0.1) is 27.8 Å². The van der Waals surface area contributed by atoms with E-state index in [0.29, 0.717) is 0 Å². The van der Waals surface area contributed by atoms with Gasteiger partial charge in [0.15, 0.2) is 0 Å². The third kappa shape index (κ3) is 5.92. The maximum absolute atomic E-state index is 4.96. The number of rotatable bonds is 7. The molecular formula is C58H38N4. The van der Waals surface area contributed by atoms with Gasteiger partial charge in [0, 0.05) is 62.6 Å². The molecule has 0 atom stereocenters. The zero-order chi connectivity index (χ0) is 41.0. The van der Waals surface area contributed by atoms with Crippen LogP contribution < -0.4 is 0 Å². The molecule has 4 nitrogen and oxygen atoms in total. The molecule has 12 aromatic rings. The third-order valence-electron chi connectivity index (χ3n) is 12.3. The van der Waals surface area contributed by atoms with Crippen molar-refractivity contribution < 1.29 is 0 Å². The van der Waals surface area contributed by atoms with E-state index in [9.17, 15) is 0 Å². The Bertz CT molecular complexity index is 3530. The monoisotopic (exact) mass is 790 g/mol. The lowest BCUT2D eigenvalue weighted by molar-refractivity contribution is 1.18. The van der Waals surface area contributed by atoms with Gasteiger partial charge in [-0.15, -0.1) is 0 Å². The first kappa shape index (κ1) is 35.6. The Kier molecular flexibility index (Phi) is 8.46. The van der Waals surface area contributed by atoms with E-state index >= 15 is 0 Å². The Labute approximate surface area is 359 Å². The fourth-order valence-electron chi connectivity index (χ4n) is 9.44. The summed E-state index contributed by atoms with van der Waals surface area (Å²) >= 11 is 0. The highest BCUT2D eigenvalue weighted by Crippen LogP contribution is 2.41. The molecule has 0 amide bonds. The van der Waals surface area contributed by atoms with Crippen molar-refractivity contribution >= 4 is 43.6 Å². The molecule has 0 N–H and O–H groups in total. The van der Waals surface area contributed by atoms with Crippen LogP contribution >= 0.6 is 0 Å². The molecule has 0 aliphatic carbocycles. The summed E-state index contributed by atoms with van der Waals surface area (Å²) in [4.78, 5) is 9.83. The van der Waals surface area contributed by atoms with Gasteiger partial charge in [0.2, 0.25) is 0 Å². The minimum Gasteiger partial charge on any atom is -0.309 e. The van der Waals surface area contributed by atoms with Crippen LogP contribution in [0.15, 0.2) is 231 Å². The van der Waals surface area contributed by atoms with Gasteiger partial charge in [-0.3, -0.25) is 9.97 Å². The van der Waals surface area contributed by atoms with Crippen molar-refractivity contribution in [3.05, 3.63) is 231 Å². The normalized spacial score (nSPS) is 11.5. The van der Waals surface area contributed by atoms with Crippen LogP contribution in [0.4, 0.5) is 0 Å². The fourth-order valence-corrected chi connectivity index (χ4v) is 9.44. The molecule has 62 heavy (non-hydrogen) atoms. The molecular weight excluding hydrogens is 753 g/mol. The minimum absolute atomic E-state index is 0.863. The molecule has 12 rings (SSSR count). The van der Waals surface area contributed by atoms with Crippen LogP contribution in [0.5, 0.6) is 0 Å². The summed E-state index contributed by atoms with van der Waals surface area (Å²) < 4.78 is 4.76. The lowest BCUT2D eigenvalue weighted by Crippen LogP contribution is -1.97. The van der Waals surface area contributed by atoms with Gasteiger partial charge < -0.3 is 9.13 Å². The maximum Gasteiger partial charge on any atom is 0.0723 e. The van der Waals surface area contributed by atoms with E-state index < -0.39 is 0 Å². The van der Waals surface area contributed by atoms with Gasteiger partial charge in [-0.2, -0.15) is 0 Å². The standard InChI is InChI=1S/C58H38N4/c1-3-15-39(16-4-1)46-29-27-45(62-57-25-13-9-21-50(57)51-22-10-14-26-58(51)62)36-53(46)42-33-43(38-59-37-42)54-34-41(31-32-60-54)47-30-28-44(35-52(47)40-17-5-2-6-18-40)61-55-23-11-7-19-48(55)49-20-8-12-24-56(49)61/h1-38H. The van der Waals surface area contributed by atoms with Crippen LogP contribution in [0.1, 0.15) is 0 Å². The first-order chi connectivity index (χ1) is 30.8. The maximum atomic E-state index is 4.96. The molecule has 0 bridgehead atoms. The Morgan fingerprint density at radius 2 is 0.710 bits per heavy atom. The molecule has 0 radical (unpaired) electrons. The molecule has 4 aromatic heterocycles. The quantitative estimate of drug-likeness (QED) is 0.161. The molecule has 4 heterocycles. The average molecular weight is 791 g/mol. The number of para-hydroxylation sites is 4. The average Bonchev–Trinajstić information content (AvgIpc) is 3.87. The molecule has 0 fully saturated rings. The SMILES string of the molecule is c1ccc(-c2ccc(-n3c4ccccc4c4ccccc43)cc2-c2cncc(-c3cc(-c4ccc(-n5c6ccccc6c6ccccc65)cc4-c4ccccc4)ccn3)c2)cc1. The highest BCUT2D eigenvalue weighted by molar-refractivity contribution is 6.10. The smallest absolute Gasteiger partial charge is 0.0723 e. The third-order valence-corrected chi connectivity index (χ3v) is 12.3. The summed E-state index contributed by atoms with van der Waals surface area (Å²) in [5.41, 5.74) is 17.7. The minimum atomic E-state index is 0.863. The molecule has 8 aromatic carbocycles. The van der Waals surface area contributed by atoms with E-state index in [4.69, 9.17) is 9.97 Å². The molecule has 290 valence electrons. The Morgan fingerprint density at radius 3 is 1.23 bits per heavy atom. The predicted octanol–water partition coefficient (Wildman–Crippen LogP) is 15.0. The number of benzene rings is 8. The largest absolute Gasteiger partial charge is 0.309 e. The Morgan fingerprint density at radius 1 is 0.290 bits per heavy atom. The number of hydrogen-bond donors (Lipinski definition) is 0. The lowest BCUT2D eigenvalue weighted by Gasteiger charge is -2.16. The zero-order valence-electron chi connectivity index (χ0n) is 33.7. The van der Waals surface area contributed by atoms with Crippen LogP contribution in [-0.2, 0) is 0 Å². The van der Waals surface area contributed by atoms with Crippen molar-refractivity contribution in [1.82, 2.24) is 19.1 Å². The van der Waals surface area contributed by atoms with E-state index in [1.54, 1.807) is 0 Å². The van der Waals surface area contributed by atoms with Crippen molar-refractivity contribution in [1.29, 1.82) is 0 Å². The highest BCUT2D eigenvalue weighted by atomic mass is 15.0. The van der Waals surface area contributed by atoms with Crippen molar-refractivity contribution in [2.75, 3.05) is 0 Å². The fraction of sp³-hybridized carbons (Fsp3) is 0. The van der Waals surface area contributed by atoms with Crippen LogP contribution in [0, 0.1) is 0 Å². The second-order valence-corrected chi connectivity index (χ2v) is 15.8. The molecule has 0 unspecified atom stereocenters. The molecule has 4 heteroatoms. The molecule has 0 aliphatic heterocycles. The van der Waals surface area contributed by atoms with Gasteiger partial charge in [-0.1, -0.05) is 146 Å². The first-order valence-corrected chi connectivity index (χ1v) is 21.1. The second-order valence-electron chi connectivity index (χ2n) is 15.8. The van der Waals surface area contributed by atoms with E-state index in [1.165, 1.54) is 43.6 Å². The summed E-state index contributed by atoms with van der Waals surface area (Å²) in [5.74, 6) is 0. The highest BCUT2D eigenvalue weighted by Gasteiger charge is 2.18. The van der Waals surface area contributed by atoms with Crippen molar-refractivity contribution in [3.63, 3.8) is 0 Å². The summed E-state index contributed by atoms with van der Waals surface area (Å²) in [6, 6.07) is 76.2. The van der Waals surface area contributed by atoms with E-state index in [1.807, 2.05) is 18.6 Å². The molecule has 0 saturated carbocycles. The van der Waals surface area contributed by atoms with E-state index in [2.05, 4.69) is 221 Å². The van der Waals surface area contributed by atoms with Crippen LogP contribution in [0.3, 0.4) is 0 Å². The van der Waals surface area contributed by atoms with E-state index in [-0.39, 0.29) is 0 Å². The summed E-state index contributed by atoms with van der Waals surface area (Å²) in [5, 5.41) is 4.97. The lowest BCUT2D eigenvalue weighted by atomic mass is 9.92. The number of nitrogens with zero attached hydrogens (tertiary/aromatic N) is 4. The molecule has 0 saturated heterocycles. The Hall–Kier alpha value is -8.34. The van der Waals surface area contributed by atoms with E-state index in [0.717, 1.165) is 67.1 Å². The van der Waals surface area contributed by atoms with Crippen molar-refractivity contribution in [2.24, 2.45) is 0 Å². The topological polar surface area (TPSA) is 35.6 Å². The van der Waals surface area contributed by atoms with Gasteiger partial charge in [0.25, 0.3) is 0 Å². The number of pyridine rings is 2. The van der Waals surface area contributed by atoms with Gasteiger partial charge >= 0.3 is 0 Å². The number of fused-ring (bicyclic) bond motifs is 6. The van der Waals surface area contributed by atoms with Crippen LogP contribution in [-0.4, -0.2) is 19.1 Å². The van der Waals surface area contributed by atoms with Gasteiger partial charge in [-0.25, -0.2) is 0 Å². The van der Waals surface area contributed by atoms with Crippen LogP contribution in [0.2, 0.25) is 0 Å². The predicted molar refractivity (Wildman–Crippen MR) is 258 cm³/mol. The summed E-state index contributed by atoms with van der Waals surface area (Å²) in [7, 11) is 0. The summed E-state index contributed by atoms with van der Waals surface area (Å²) in [6.07, 6.45) is 5.83. The van der Waals surface area contributed by atoms with Crippen molar-refractivity contribution in [2.45, 2.75) is 0 Å². The van der Waals surface area contributed by atoms with Gasteiger partial charge in [-0.05, 0) is 106 Å². The molecule has 0 aliphatic rings. The number of aromatic nitrogens is 4. The van der Waals surface area contributed by atoms with Crippen molar-refractivity contribution in [3.8, 4) is 67.1 Å². The number of hydrogen-bond acceptors (Lipinski definition) is 2. The zero-order valence-corrected chi connectivity index (χ0v) is 33.7. The summed E-state index contributed by atoms with van der Waals surface area (Å²) in [6.45, 7) is 0. The molecule has 0 spiro atoms. The first-order valence-electron chi connectivity index (χ1n) is 21.1. The van der Waals surface area contributed by atoms with Crippen LogP contribution in [0.25, 0.3) is 111 Å².